The number of benzene rings is 1. The number of aryl methyl sites for hydroxylation is 1. The van der Waals surface area contributed by atoms with Crippen molar-refractivity contribution in [3.63, 3.8) is 0 Å². The number of carbonyl (C=O) groups is 1. The zero-order valence-corrected chi connectivity index (χ0v) is 17.1. The zero-order valence-electron chi connectivity index (χ0n) is 17.1. The Kier molecular flexibility index (Phi) is 5.20. The first-order valence-electron chi connectivity index (χ1n) is 10.6. The topological polar surface area (TPSA) is 68.6 Å². The maximum Gasteiger partial charge on any atom is 0.230 e. The molecule has 0 radical (unpaired) electrons. The smallest absolute Gasteiger partial charge is 0.230 e. The van der Waals surface area contributed by atoms with Gasteiger partial charge in [0.1, 0.15) is 11.6 Å². The summed E-state index contributed by atoms with van der Waals surface area (Å²) >= 11 is 0. The van der Waals surface area contributed by atoms with Crippen molar-refractivity contribution in [2.45, 2.75) is 18.9 Å². The molecule has 7 nitrogen and oxygen atoms in total. The number of fused-ring (bicyclic) bond motifs is 3. The summed E-state index contributed by atoms with van der Waals surface area (Å²) in [4.78, 5) is 15.5. The highest BCUT2D eigenvalue weighted by Gasteiger charge is 2.49. The van der Waals surface area contributed by atoms with Crippen molar-refractivity contribution in [3.05, 3.63) is 41.8 Å². The minimum Gasteiger partial charge on any atom is -0.493 e. The Balaban J connectivity index is 1.42. The average molecular weight is 414 g/mol. The first kappa shape index (κ1) is 19.5. The summed E-state index contributed by atoms with van der Waals surface area (Å²) in [5.74, 6) is 1.20. The van der Waals surface area contributed by atoms with Gasteiger partial charge in [0.15, 0.2) is 5.82 Å². The molecule has 4 heterocycles. The molecule has 3 aliphatic heterocycles. The number of rotatable bonds is 4. The van der Waals surface area contributed by atoms with Crippen LogP contribution in [0.5, 0.6) is 5.75 Å². The van der Waals surface area contributed by atoms with Gasteiger partial charge >= 0.3 is 0 Å². The van der Waals surface area contributed by atoms with Gasteiger partial charge in [0.05, 0.1) is 12.5 Å². The number of nitrogens with zero attached hydrogens (tertiary/aromatic N) is 3. The lowest BCUT2D eigenvalue weighted by molar-refractivity contribution is -0.121. The van der Waals surface area contributed by atoms with Crippen molar-refractivity contribution in [1.82, 2.24) is 14.7 Å². The molecule has 1 N–H and O–H groups in total. The molecule has 1 aromatic heterocycles. The molecule has 2 fully saturated rings. The predicted octanol–water partition coefficient (Wildman–Crippen LogP) is 2.61. The molecule has 1 aromatic carbocycles. The quantitative estimate of drug-likeness (QED) is 0.833. The highest BCUT2D eigenvalue weighted by Crippen LogP contribution is 2.48. The largest absolute Gasteiger partial charge is 0.493 e. The Labute approximate surface area is 175 Å². The number of likely N-dealkylation sites (tertiary alicyclic amines) is 1. The number of halogens is 1. The minimum absolute atomic E-state index is 0.0215. The molecular weight excluding hydrogens is 387 g/mol. The van der Waals surface area contributed by atoms with E-state index >= 15 is 0 Å². The van der Waals surface area contributed by atoms with E-state index in [1.165, 1.54) is 6.07 Å². The Morgan fingerprint density at radius 3 is 2.90 bits per heavy atom. The molecule has 160 valence electrons. The van der Waals surface area contributed by atoms with Crippen LogP contribution in [0.1, 0.15) is 24.4 Å². The van der Waals surface area contributed by atoms with Crippen LogP contribution in [0.15, 0.2) is 30.5 Å². The van der Waals surface area contributed by atoms with E-state index in [2.05, 4.69) is 15.3 Å². The van der Waals surface area contributed by atoms with Crippen molar-refractivity contribution in [2.24, 2.45) is 24.8 Å². The maximum absolute atomic E-state index is 14.1. The monoisotopic (exact) mass is 414 g/mol. The lowest BCUT2D eigenvalue weighted by atomic mass is 9.84. The van der Waals surface area contributed by atoms with Gasteiger partial charge in [-0.3, -0.25) is 14.4 Å². The van der Waals surface area contributed by atoms with Gasteiger partial charge in [-0.15, -0.1) is 0 Å². The molecule has 5 rings (SSSR count). The SMILES string of the molecule is Cn1ccc(NC(=O)[C@@H]2CN(CC3CCOCC3)[C@H]3c4cc(F)ccc4OC[C@@H]23)n1. The molecular formula is C22H27FN4O3. The Bertz CT molecular complexity index is 927. The summed E-state index contributed by atoms with van der Waals surface area (Å²) in [6, 6.07) is 6.47. The van der Waals surface area contributed by atoms with Crippen molar-refractivity contribution in [1.29, 1.82) is 0 Å². The van der Waals surface area contributed by atoms with Gasteiger partial charge < -0.3 is 14.8 Å². The second kappa shape index (κ2) is 8.00. The van der Waals surface area contributed by atoms with Gasteiger partial charge in [-0.05, 0) is 37.0 Å². The number of aromatic nitrogens is 2. The summed E-state index contributed by atoms with van der Waals surface area (Å²) in [5.41, 5.74) is 0.853. The standard InChI is InChI=1S/C22H27FN4O3/c1-26-7-4-20(25-26)24-22(28)17-12-27(11-14-5-8-29-9-6-14)21-16-10-15(23)2-3-19(16)30-13-18(17)21/h2-4,7,10,14,17-18,21H,5-6,8-9,11-13H2,1H3,(H,24,25,28)/t17-,18+,21+/m1/s1. The number of anilines is 1. The lowest BCUT2D eigenvalue weighted by Gasteiger charge is -2.36. The fourth-order valence-corrected chi connectivity index (χ4v) is 5.12. The fraction of sp³-hybridized carbons (Fsp3) is 0.545. The third-order valence-corrected chi connectivity index (χ3v) is 6.60. The van der Waals surface area contributed by atoms with Crippen molar-refractivity contribution in [2.75, 3.05) is 38.2 Å². The second-order valence-electron chi connectivity index (χ2n) is 8.58. The van der Waals surface area contributed by atoms with Gasteiger partial charge in [0.2, 0.25) is 5.91 Å². The van der Waals surface area contributed by atoms with Crippen LogP contribution in [0, 0.1) is 23.6 Å². The van der Waals surface area contributed by atoms with Crippen LogP contribution >= 0.6 is 0 Å². The molecule has 3 aliphatic rings. The molecule has 8 heteroatoms. The molecule has 1 amide bonds. The van der Waals surface area contributed by atoms with Crippen molar-refractivity contribution in [3.8, 4) is 5.75 Å². The minimum atomic E-state index is -0.273. The predicted molar refractivity (Wildman–Crippen MR) is 109 cm³/mol. The Morgan fingerprint density at radius 1 is 1.30 bits per heavy atom. The number of amides is 1. The zero-order chi connectivity index (χ0) is 20.7. The summed E-state index contributed by atoms with van der Waals surface area (Å²) in [5, 5.41) is 7.21. The van der Waals surface area contributed by atoms with Crippen LogP contribution < -0.4 is 10.1 Å². The summed E-state index contributed by atoms with van der Waals surface area (Å²) in [7, 11) is 1.82. The normalized spacial score (nSPS) is 26.7. The lowest BCUT2D eigenvalue weighted by Crippen LogP contribution is -2.36. The van der Waals surface area contributed by atoms with Crippen molar-refractivity contribution < 1.29 is 18.7 Å². The van der Waals surface area contributed by atoms with Crippen LogP contribution in [0.4, 0.5) is 10.2 Å². The van der Waals surface area contributed by atoms with Crippen LogP contribution in [-0.4, -0.2) is 53.5 Å². The molecule has 2 saturated heterocycles. The molecule has 0 aliphatic carbocycles. The van der Waals surface area contributed by atoms with E-state index in [1.807, 2.05) is 7.05 Å². The van der Waals surface area contributed by atoms with Gasteiger partial charge in [-0.25, -0.2) is 4.39 Å². The molecule has 0 saturated carbocycles. The molecule has 2 aromatic rings. The Morgan fingerprint density at radius 2 is 2.13 bits per heavy atom. The summed E-state index contributed by atoms with van der Waals surface area (Å²) in [6.45, 7) is 3.53. The number of ether oxygens (including phenoxy) is 2. The van der Waals surface area contributed by atoms with E-state index in [1.54, 1.807) is 29.1 Å². The van der Waals surface area contributed by atoms with Crippen LogP contribution in [0.25, 0.3) is 0 Å². The van der Waals surface area contributed by atoms with Gasteiger partial charge in [-0.2, -0.15) is 5.10 Å². The first-order valence-corrected chi connectivity index (χ1v) is 10.6. The Hall–Kier alpha value is -2.45. The van der Waals surface area contributed by atoms with E-state index in [0.29, 0.717) is 24.9 Å². The number of hydrogen-bond acceptors (Lipinski definition) is 5. The summed E-state index contributed by atoms with van der Waals surface area (Å²) in [6.07, 6.45) is 3.84. The molecule has 0 spiro atoms. The van der Waals surface area contributed by atoms with Gasteiger partial charge in [0.25, 0.3) is 0 Å². The average Bonchev–Trinajstić information content (AvgIpc) is 3.32. The van der Waals surface area contributed by atoms with Gasteiger partial charge in [0, 0.05) is 63.1 Å². The molecule has 0 bridgehead atoms. The van der Waals surface area contributed by atoms with E-state index < -0.39 is 0 Å². The van der Waals surface area contributed by atoms with Crippen LogP contribution in [-0.2, 0) is 16.6 Å². The first-order chi connectivity index (χ1) is 14.6. The fourth-order valence-electron chi connectivity index (χ4n) is 5.12. The van der Waals surface area contributed by atoms with Crippen molar-refractivity contribution >= 4 is 11.7 Å². The van der Waals surface area contributed by atoms with E-state index in [0.717, 1.165) is 43.9 Å². The third-order valence-electron chi connectivity index (χ3n) is 6.60. The maximum atomic E-state index is 14.1. The number of hydrogen-bond donors (Lipinski definition) is 1. The molecule has 30 heavy (non-hydrogen) atoms. The molecule has 0 unspecified atom stereocenters. The van der Waals surface area contributed by atoms with E-state index in [-0.39, 0.29) is 29.6 Å². The number of carbonyl (C=O) groups excluding carboxylic acids is 1. The summed E-state index contributed by atoms with van der Waals surface area (Å²) < 4.78 is 27.2. The van der Waals surface area contributed by atoms with E-state index in [9.17, 15) is 9.18 Å². The number of nitrogens with one attached hydrogen (secondary N) is 1. The third kappa shape index (κ3) is 3.70. The van der Waals surface area contributed by atoms with E-state index in [4.69, 9.17) is 9.47 Å². The molecule has 3 atom stereocenters. The highest BCUT2D eigenvalue weighted by molar-refractivity contribution is 5.92. The van der Waals surface area contributed by atoms with Gasteiger partial charge in [-0.1, -0.05) is 0 Å². The highest BCUT2D eigenvalue weighted by atomic mass is 19.1. The van der Waals surface area contributed by atoms with Crippen LogP contribution in [0.3, 0.4) is 0 Å². The van der Waals surface area contributed by atoms with Crippen LogP contribution in [0.2, 0.25) is 0 Å². The second-order valence-corrected chi connectivity index (χ2v) is 8.58.